The second kappa shape index (κ2) is 17.1. The van der Waals surface area contributed by atoms with Crippen LogP contribution in [0, 0.1) is 0 Å². The molecule has 0 spiro atoms. The van der Waals surface area contributed by atoms with Crippen molar-refractivity contribution in [3.05, 3.63) is 29.8 Å². The Bertz CT molecular complexity index is 1010. The number of amides is 3. The number of hydrogen-bond acceptors (Lipinski definition) is 8. The number of likely N-dealkylation sites (tertiary alicyclic amines) is 1. The molecule has 0 aliphatic carbocycles. The van der Waals surface area contributed by atoms with Gasteiger partial charge in [-0.1, -0.05) is 37.8 Å². The number of aromatic hydroxyl groups is 1. The van der Waals surface area contributed by atoms with Gasteiger partial charge in [0.15, 0.2) is 0 Å². The highest BCUT2D eigenvalue weighted by Crippen LogP contribution is 2.20. The van der Waals surface area contributed by atoms with Crippen LogP contribution in [0.2, 0.25) is 0 Å². The minimum atomic E-state index is -1.60. The largest absolute Gasteiger partial charge is 0.508 e. The minimum Gasteiger partial charge on any atom is -0.508 e. The zero-order valence-electron chi connectivity index (χ0n) is 23.4. The molecule has 12 nitrogen and oxygen atoms in total. The third-order valence-electron chi connectivity index (χ3n) is 7.22. The second-order valence-corrected chi connectivity index (χ2v) is 10.9. The van der Waals surface area contributed by atoms with Crippen molar-refractivity contribution in [2.24, 2.45) is 5.73 Å². The lowest BCUT2D eigenvalue weighted by Crippen LogP contribution is -2.60. The fraction of sp³-hybridized carbons (Fsp3) is 0.643. The van der Waals surface area contributed by atoms with Gasteiger partial charge in [0.05, 0.1) is 6.10 Å². The van der Waals surface area contributed by atoms with Crippen LogP contribution in [0.1, 0.15) is 63.9 Å². The molecular weight excluding hydrogens is 556 g/mol. The lowest BCUT2D eigenvalue weighted by molar-refractivity contribution is -0.147. The SMILES string of the molecule is C[C@@H](O)[C@@H](NC(=O)[C@H](O)[C@@H](N)CCCCCCCCl)C(=O)N1CCC[C@@H]1C(=O)N[C@@H](Cc1ccc(O)cc1)C(=O)O. The summed E-state index contributed by atoms with van der Waals surface area (Å²) >= 11 is 5.66. The first kappa shape index (κ1) is 34.3. The number of aliphatic carboxylic acids is 1. The van der Waals surface area contributed by atoms with Gasteiger partial charge in [-0.3, -0.25) is 14.4 Å². The van der Waals surface area contributed by atoms with Crippen LogP contribution < -0.4 is 16.4 Å². The summed E-state index contributed by atoms with van der Waals surface area (Å²) in [4.78, 5) is 52.2. The summed E-state index contributed by atoms with van der Waals surface area (Å²) in [5.41, 5.74) is 6.58. The number of carbonyl (C=O) groups excluding carboxylic acids is 3. The van der Waals surface area contributed by atoms with Gasteiger partial charge < -0.3 is 41.7 Å². The fourth-order valence-electron chi connectivity index (χ4n) is 4.80. The fourth-order valence-corrected chi connectivity index (χ4v) is 4.99. The molecule has 3 amide bonds. The lowest BCUT2D eigenvalue weighted by Gasteiger charge is -2.31. The first-order valence-electron chi connectivity index (χ1n) is 14.1. The van der Waals surface area contributed by atoms with Crippen molar-refractivity contribution in [2.75, 3.05) is 12.4 Å². The van der Waals surface area contributed by atoms with E-state index in [2.05, 4.69) is 10.6 Å². The number of rotatable bonds is 17. The van der Waals surface area contributed by atoms with Crippen molar-refractivity contribution < 1.29 is 39.6 Å². The van der Waals surface area contributed by atoms with E-state index in [1.165, 1.54) is 24.0 Å². The molecule has 0 aromatic heterocycles. The van der Waals surface area contributed by atoms with Gasteiger partial charge in [0.2, 0.25) is 11.8 Å². The number of hydrogen-bond donors (Lipinski definition) is 7. The van der Waals surface area contributed by atoms with Crippen molar-refractivity contribution in [2.45, 2.75) is 101 Å². The van der Waals surface area contributed by atoms with Gasteiger partial charge in [-0.25, -0.2) is 4.79 Å². The third-order valence-corrected chi connectivity index (χ3v) is 7.49. The van der Waals surface area contributed by atoms with E-state index in [4.69, 9.17) is 17.3 Å². The molecule has 1 aliphatic rings. The Hall–Kier alpha value is -2.93. The Morgan fingerprint density at radius 1 is 1.05 bits per heavy atom. The molecule has 41 heavy (non-hydrogen) atoms. The number of nitrogens with two attached hydrogens (primary N) is 1. The number of nitrogens with one attached hydrogen (secondary N) is 2. The second-order valence-electron chi connectivity index (χ2n) is 10.5. The molecule has 1 aromatic carbocycles. The van der Waals surface area contributed by atoms with Gasteiger partial charge in [-0.2, -0.15) is 0 Å². The maximum absolute atomic E-state index is 13.4. The average Bonchev–Trinajstić information content (AvgIpc) is 3.43. The van der Waals surface area contributed by atoms with Crippen molar-refractivity contribution in [3.8, 4) is 5.75 Å². The summed E-state index contributed by atoms with van der Waals surface area (Å²) in [6.45, 7) is 1.47. The van der Waals surface area contributed by atoms with E-state index in [-0.39, 0.29) is 25.1 Å². The summed E-state index contributed by atoms with van der Waals surface area (Å²) in [6, 6.07) is 1.31. The molecule has 0 saturated carbocycles. The van der Waals surface area contributed by atoms with Crippen molar-refractivity contribution in [3.63, 3.8) is 0 Å². The van der Waals surface area contributed by atoms with E-state index in [0.29, 0.717) is 30.7 Å². The molecule has 1 fully saturated rings. The summed E-state index contributed by atoms with van der Waals surface area (Å²) < 4.78 is 0. The summed E-state index contributed by atoms with van der Waals surface area (Å²) in [5.74, 6) is -2.94. The molecule has 1 heterocycles. The first-order chi connectivity index (χ1) is 19.5. The monoisotopic (exact) mass is 598 g/mol. The highest BCUT2D eigenvalue weighted by Gasteiger charge is 2.41. The van der Waals surface area contributed by atoms with Crippen LogP contribution in [0.5, 0.6) is 5.75 Å². The molecule has 1 saturated heterocycles. The highest BCUT2D eigenvalue weighted by atomic mass is 35.5. The van der Waals surface area contributed by atoms with Crippen LogP contribution in [-0.2, 0) is 25.6 Å². The smallest absolute Gasteiger partial charge is 0.326 e. The van der Waals surface area contributed by atoms with Gasteiger partial charge in [0.1, 0.15) is 30.0 Å². The number of phenols is 1. The van der Waals surface area contributed by atoms with E-state index < -0.39 is 60.1 Å². The van der Waals surface area contributed by atoms with Crippen LogP contribution >= 0.6 is 11.6 Å². The standard InChI is InChI=1S/C28H43ClN4O8/c1-17(34)23(32-26(38)24(36)20(30)8-5-3-2-4-6-14-29)27(39)33-15-7-9-22(33)25(37)31-21(28(40)41)16-18-10-12-19(35)13-11-18/h10-13,17,20-24,34-36H,2-9,14-16,30H2,1H3,(H,31,37)(H,32,38)(H,40,41)/t17-,20+,21+,22-,23-,24-/m1/s1. The first-order valence-corrected chi connectivity index (χ1v) is 14.6. The molecule has 1 aliphatic heterocycles. The molecule has 13 heteroatoms. The van der Waals surface area contributed by atoms with Crippen LogP contribution in [-0.4, -0.2) is 97.8 Å². The Kier molecular flexibility index (Phi) is 14.3. The summed E-state index contributed by atoms with van der Waals surface area (Å²) in [5, 5.41) is 44.7. The Morgan fingerprint density at radius 3 is 2.29 bits per heavy atom. The molecule has 230 valence electrons. The molecule has 2 rings (SSSR count). The van der Waals surface area contributed by atoms with Crippen LogP contribution in [0.15, 0.2) is 24.3 Å². The number of carbonyl (C=O) groups is 4. The van der Waals surface area contributed by atoms with Gasteiger partial charge >= 0.3 is 5.97 Å². The van der Waals surface area contributed by atoms with Gasteiger partial charge in [0.25, 0.3) is 5.91 Å². The van der Waals surface area contributed by atoms with Crippen LogP contribution in [0.25, 0.3) is 0 Å². The number of benzene rings is 1. The number of phenolic OH excluding ortho intramolecular Hbond substituents is 1. The zero-order valence-corrected chi connectivity index (χ0v) is 24.1. The molecule has 8 N–H and O–H groups in total. The number of aliphatic hydroxyl groups is 2. The van der Waals surface area contributed by atoms with E-state index in [0.717, 1.165) is 25.7 Å². The molecule has 0 radical (unpaired) electrons. The van der Waals surface area contributed by atoms with Crippen molar-refractivity contribution >= 4 is 35.3 Å². The Balaban J connectivity index is 2.00. The number of halogens is 1. The van der Waals surface area contributed by atoms with E-state index in [1.54, 1.807) is 12.1 Å². The number of carboxylic acid groups (broad SMARTS) is 1. The Labute approximate surface area is 245 Å². The molecule has 6 atom stereocenters. The van der Waals surface area contributed by atoms with Crippen molar-refractivity contribution in [1.82, 2.24) is 15.5 Å². The zero-order chi connectivity index (χ0) is 30.5. The van der Waals surface area contributed by atoms with Gasteiger partial charge in [0, 0.05) is 24.9 Å². The number of unbranched alkanes of at least 4 members (excludes halogenated alkanes) is 4. The number of nitrogens with zero attached hydrogens (tertiary/aromatic N) is 1. The molecule has 0 unspecified atom stereocenters. The molecule has 1 aromatic rings. The van der Waals surface area contributed by atoms with E-state index >= 15 is 0 Å². The highest BCUT2D eigenvalue weighted by molar-refractivity contribution is 6.17. The number of aliphatic hydroxyl groups excluding tert-OH is 2. The average molecular weight is 599 g/mol. The van der Waals surface area contributed by atoms with Crippen LogP contribution in [0.4, 0.5) is 0 Å². The number of carboxylic acids is 1. The number of alkyl halides is 1. The predicted molar refractivity (Wildman–Crippen MR) is 152 cm³/mol. The van der Waals surface area contributed by atoms with E-state index in [1.807, 2.05) is 0 Å². The summed E-state index contributed by atoms with van der Waals surface area (Å²) in [6.07, 6.45) is 2.60. The third kappa shape index (κ3) is 10.8. The summed E-state index contributed by atoms with van der Waals surface area (Å²) in [7, 11) is 0. The molecular formula is C28H43ClN4O8. The van der Waals surface area contributed by atoms with Crippen LogP contribution in [0.3, 0.4) is 0 Å². The normalized spacial score (nSPS) is 18.7. The quantitative estimate of drug-likeness (QED) is 0.0991. The minimum absolute atomic E-state index is 0.0212. The van der Waals surface area contributed by atoms with Gasteiger partial charge in [-0.15, -0.1) is 11.6 Å². The lowest BCUT2D eigenvalue weighted by atomic mass is 10.0. The predicted octanol–water partition coefficient (Wildman–Crippen LogP) is 0.628. The Morgan fingerprint density at radius 2 is 1.68 bits per heavy atom. The van der Waals surface area contributed by atoms with Crippen molar-refractivity contribution in [1.29, 1.82) is 0 Å². The molecule has 0 bridgehead atoms. The maximum Gasteiger partial charge on any atom is 0.326 e. The maximum atomic E-state index is 13.4. The van der Waals surface area contributed by atoms with E-state index in [9.17, 15) is 39.6 Å². The van der Waals surface area contributed by atoms with Gasteiger partial charge in [-0.05, 0) is 50.3 Å². The topological polar surface area (TPSA) is 203 Å².